The molecule has 0 atom stereocenters. The first kappa shape index (κ1) is 11.0. The Morgan fingerprint density at radius 1 is 1.43 bits per heavy atom. The molecule has 2 heterocycles. The van der Waals surface area contributed by atoms with E-state index in [1.165, 1.54) is 10.9 Å². The van der Waals surface area contributed by atoms with Crippen LogP contribution in [0, 0.1) is 0 Å². The Balaban J connectivity index is 0.000000980. The smallest absolute Gasteiger partial charge is 0.137 e. The van der Waals surface area contributed by atoms with Crippen LogP contribution in [0.4, 0.5) is 0 Å². The number of rotatable bonds is 2. The first-order chi connectivity index (χ1) is 6.27. The average Bonchev–Trinajstić information content (AvgIpc) is 2.48. The van der Waals surface area contributed by atoms with Crippen LogP contribution in [0.1, 0.15) is 5.56 Å². The first-order valence-corrected chi connectivity index (χ1v) is 4.33. The highest BCUT2D eigenvalue weighted by Crippen LogP contribution is 2.16. The minimum atomic E-state index is 0. The van der Waals surface area contributed by atoms with Gasteiger partial charge in [0.2, 0.25) is 0 Å². The maximum atomic E-state index is 4.24. The quantitative estimate of drug-likeness (QED) is 0.664. The minimum Gasteiger partial charge on any atom is -1.00 e. The highest BCUT2D eigenvalue weighted by molar-refractivity contribution is 5.79. The van der Waals surface area contributed by atoms with Crippen LogP contribution < -0.4 is 12.4 Å². The average molecular weight is 211 g/mol. The fourth-order valence-electron chi connectivity index (χ4n) is 1.48. The second-order valence-electron chi connectivity index (χ2n) is 3.45. The topological polar surface area (TPSA) is 31.9 Å². The van der Waals surface area contributed by atoms with Crippen LogP contribution in [0.25, 0.3) is 11.0 Å². The van der Waals surface area contributed by atoms with E-state index in [1.807, 2.05) is 12.3 Å². The van der Waals surface area contributed by atoms with E-state index < -0.39 is 0 Å². The van der Waals surface area contributed by atoms with Crippen LogP contribution in [0.5, 0.6) is 0 Å². The summed E-state index contributed by atoms with van der Waals surface area (Å²) < 4.78 is 0. The Morgan fingerprint density at radius 2 is 2.21 bits per heavy atom. The molecule has 4 heteroatoms. The zero-order chi connectivity index (χ0) is 9.26. The number of hydrogen-bond acceptors (Lipinski definition) is 2. The molecule has 0 bridgehead atoms. The molecule has 0 amide bonds. The fourth-order valence-corrected chi connectivity index (χ4v) is 1.48. The summed E-state index contributed by atoms with van der Waals surface area (Å²) in [6.45, 7) is 0.950. The second kappa shape index (κ2) is 4.44. The molecule has 76 valence electrons. The van der Waals surface area contributed by atoms with Crippen LogP contribution in [0.3, 0.4) is 0 Å². The van der Waals surface area contributed by atoms with E-state index in [1.54, 1.807) is 6.20 Å². The molecule has 2 aromatic heterocycles. The molecule has 1 N–H and O–H groups in total. The van der Waals surface area contributed by atoms with Gasteiger partial charge in [-0.25, -0.2) is 4.98 Å². The highest BCUT2D eigenvalue weighted by Gasteiger charge is 2.03. The Hall–Kier alpha value is -1.06. The Morgan fingerprint density at radius 3 is 2.93 bits per heavy atom. The monoisotopic (exact) mass is 210 g/mol. The third-order valence-corrected chi connectivity index (χ3v) is 2.02. The van der Waals surface area contributed by atoms with Gasteiger partial charge >= 0.3 is 0 Å². The van der Waals surface area contributed by atoms with Crippen molar-refractivity contribution in [2.75, 3.05) is 14.1 Å². The molecular weight excluding hydrogens is 198 g/mol. The largest absolute Gasteiger partial charge is 1.00 e. The van der Waals surface area contributed by atoms with Crippen LogP contribution >= 0.6 is 0 Å². The lowest BCUT2D eigenvalue weighted by molar-refractivity contribution is -0.00000291. The van der Waals surface area contributed by atoms with Gasteiger partial charge in [0.1, 0.15) is 5.65 Å². The summed E-state index contributed by atoms with van der Waals surface area (Å²) in [5.41, 5.74) is 2.27. The molecule has 0 radical (unpaired) electrons. The van der Waals surface area contributed by atoms with E-state index in [2.05, 4.69) is 35.0 Å². The third-order valence-electron chi connectivity index (χ3n) is 2.02. The van der Waals surface area contributed by atoms with Crippen molar-refractivity contribution in [3.63, 3.8) is 0 Å². The van der Waals surface area contributed by atoms with Crippen LogP contribution in [-0.2, 0) is 6.54 Å². The first-order valence-electron chi connectivity index (χ1n) is 4.33. The SMILES string of the molecule is CN(C)Cc1c[nH]c2ncccc12.[Cl-]. The zero-order valence-electron chi connectivity index (χ0n) is 8.29. The van der Waals surface area contributed by atoms with Crippen molar-refractivity contribution in [3.8, 4) is 0 Å². The highest BCUT2D eigenvalue weighted by atomic mass is 35.5. The molecular formula is C10H13ClN3-. The maximum Gasteiger partial charge on any atom is 0.137 e. The summed E-state index contributed by atoms with van der Waals surface area (Å²) in [5, 5.41) is 1.22. The third kappa shape index (κ3) is 2.05. The van der Waals surface area contributed by atoms with E-state index >= 15 is 0 Å². The van der Waals surface area contributed by atoms with Gasteiger partial charge in [-0.1, -0.05) is 0 Å². The zero-order valence-corrected chi connectivity index (χ0v) is 9.04. The number of aromatic amines is 1. The van der Waals surface area contributed by atoms with E-state index in [9.17, 15) is 0 Å². The lowest BCUT2D eigenvalue weighted by atomic mass is 10.2. The number of halogens is 1. The van der Waals surface area contributed by atoms with Crippen molar-refractivity contribution in [3.05, 3.63) is 30.1 Å². The van der Waals surface area contributed by atoms with E-state index in [0.717, 1.165) is 12.2 Å². The van der Waals surface area contributed by atoms with Gasteiger partial charge in [-0.05, 0) is 31.8 Å². The van der Waals surface area contributed by atoms with Crippen LogP contribution in [0.15, 0.2) is 24.5 Å². The van der Waals surface area contributed by atoms with Crippen molar-refractivity contribution >= 4 is 11.0 Å². The van der Waals surface area contributed by atoms with Gasteiger partial charge in [0.25, 0.3) is 0 Å². The predicted octanol–water partition coefficient (Wildman–Crippen LogP) is -1.37. The summed E-state index contributed by atoms with van der Waals surface area (Å²) in [6.07, 6.45) is 3.83. The molecule has 3 nitrogen and oxygen atoms in total. The predicted molar refractivity (Wildman–Crippen MR) is 53.5 cm³/mol. The molecule has 14 heavy (non-hydrogen) atoms. The molecule has 0 saturated carbocycles. The molecule has 0 saturated heterocycles. The van der Waals surface area contributed by atoms with Crippen molar-refractivity contribution in [1.82, 2.24) is 14.9 Å². The summed E-state index contributed by atoms with van der Waals surface area (Å²) >= 11 is 0. The molecule has 0 aliphatic rings. The normalized spacial score (nSPS) is 10.5. The number of pyridine rings is 1. The number of H-pyrrole nitrogens is 1. The number of nitrogens with one attached hydrogen (secondary N) is 1. The van der Waals surface area contributed by atoms with E-state index in [4.69, 9.17) is 0 Å². The second-order valence-corrected chi connectivity index (χ2v) is 3.45. The fraction of sp³-hybridized carbons (Fsp3) is 0.300. The summed E-state index contributed by atoms with van der Waals surface area (Å²) in [6, 6.07) is 4.06. The summed E-state index contributed by atoms with van der Waals surface area (Å²) in [4.78, 5) is 9.54. The lowest BCUT2D eigenvalue weighted by Crippen LogP contribution is -3.00. The number of fused-ring (bicyclic) bond motifs is 1. The molecule has 2 aromatic rings. The van der Waals surface area contributed by atoms with Gasteiger partial charge < -0.3 is 22.3 Å². The minimum absolute atomic E-state index is 0. The number of aromatic nitrogens is 2. The lowest BCUT2D eigenvalue weighted by Gasteiger charge is -2.07. The summed E-state index contributed by atoms with van der Waals surface area (Å²) in [7, 11) is 4.13. The van der Waals surface area contributed by atoms with Crippen molar-refractivity contribution in [2.45, 2.75) is 6.54 Å². The van der Waals surface area contributed by atoms with Gasteiger partial charge in [0.15, 0.2) is 0 Å². The molecule has 0 unspecified atom stereocenters. The number of hydrogen-bond donors (Lipinski definition) is 1. The maximum absolute atomic E-state index is 4.24. The Kier molecular flexibility index (Phi) is 3.49. The van der Waals surface area contributed by atoms with Gasteiger partial charge in [0, 0.05) is 24.3 Å². The van der Waals surface area contributed by atoms with E-state index in [-0.39, 0.29) is 12.4 Å². The number of nitrogens with zero attached hydrogens (tertiary/aromatic N) is 2. The van der Waals surface area contributed by atoms with Gasteiger partial charge in [0.05, 0.1) is 0 Å². The molecule has 0 aromatic carbocycles. The van der Waals surface area contributed by atoms with Gasteiger partial charge in [-0.15, -0.1) is 0 Å². The Labute approximate surface area is 89.5 Å². The standard InChI is InChI=1S/C10H13N3.ClH/c1-13(2)7-8-6-12-10-9(8)4-3-5-11-10;/h3-6H,7H2,1-2H3,(H,11,12);1H/p-1. The molecule has 2 rings (SSSR count). The van der Waals surface area contributed by atoms with Gasteiger partial charge in [-0.3, -0.25) is 0 Å². The van der Waals surface area contributed by atoms with Crippen molar-refractivity contribution in [1.29, 1.82) is 0 Å². The summed E-state index contributed by atoms with van der Waals surface area (Å²) in [5.74, 6) is 0. The molecule has 0 aliphatic heterocycles. The van der Waals surface area contributed by atoms with Crippen LogP contribution in [-0.4, -0.2) is 29.0 Å². The van der Waals surface area contributed by atoms with E-state index in [0.29, 0.717) is 0 Å². The molecule has 0 spiro atoms. The van der Waals surface area contributed by atoms with Gasteiger partial charge in [-0.2, -0.15) is 0 Å². The van der Waals surface area contributed by atoms with Crippen LogP contribution in [0.2, 0.25) is 0 Å². The molecule has 0 aliphatic carbocycles. The molecule has 0 fully saturated rings. The van der Waals surface area contributed by atoms with Crippen molar-refractivity contribution in [2.24, 2.45) is 0 Å². The van der Waals surface area contributed by atoms with Crippen molar-refractivity contribution < 1.29 is 12.4 Å². The Bertz CT molecular complexity index is 408.